The maximum atomic E-state index is 11.2. The number of aromatic nitrogens is 3. The van der Waals surface area contributed by atoms with Crippen LogP contribution in [-0.2, 0) is 0 Å². The molecule has 0 bridgehead atoms. The summed E-state index contributed by atoms with van der Waals surface area (Å²) >= 11 is 0. The third-order valence-electron chi connectivity index (χ3n) is 2.60. The Kier molecular flexibility index (Phi) is 2.26. The Labute approximate surface area is 102 Å². The first-order valence-electron chi connectivity index (χ1n) is 5.30. The van der Waals surface area contributed by atoms with Gasteiger partial charge in [0, 0.05) is 12.4 Å². The molecule has 88 valence electrons. The molecule has 0 unspecified atom stereocenters. The molecule has 0 atom stereocenters. The number of fused-ring (bicyclic) bond motifs is 1. The van der Waals surface area contributed by atoms with Crippen molar-refractivity contribution in [2.45, 2.75) is 0 Å². The first-order chi connectivity index (χ1) is 8.77. The Balaban J connectivity index is 2.36. The predicted molar refractivity (Wildman–Crippen MR) is 65.1 cm³/mol. The highest BCUT2D eigenvalue weighted by atomic mass is 16.6. The molecule has 0 aromatic carbocycles. The van der Waals surface area contributed by atoms with Crippen LogP contribution in [0.2, 0.25) is 0 Å². The highest BCUT2D eigenvalue weighted by Gasteiger charge is 2.24. The molecule has 6 heteroatoms. The molecule has 0 aliphatic rings. The van der Waals surface area contributed by atoms with Gasteiger partial charge in [-0.25, -0.2) is 4.52 Å². The van der Waals surface area contributed by atoms with Crippen molar-refractivity contribution in [2.24, 2.45) is 0 Å². The fourth-order valence-electron chi connectivity index (χ4n) is 1.84. The Bertz CT molecular complexity index is 721. The zero-order valence-corrected chi connectivity index (χ0v) is 9.22. The Hall–Kier alpha value is -2.76. The summed E-state index contributed by atoms with van der Waals surface area (Å²) in [5, 5.41) is 15.4. The van der Waals surface area contributed by atoms with Gasteiger partial charge in [0.2, 0.25) is 0 Å². The second-order valence-corrected chi connectivity index (χ2v) is 3.70. The zero-order chi connectivity index (χ0) is 12.5. The molecule has 6 nitrogen and oxygen atoms in total. The smallest absolute Gasteiger partial charge is 0.258 e. The lowest BCUT2D eigenvalue weighted by atomic mass is 10.2. The average Bonchev–Trinajstić information content (AvgIpc) is 2.79. The molecule has 3 aromatic rings. The van der Waals surface area contributed by atoms with Crippen molar-refractivity contribution >= 4 is 11.2 Å². The molecule has 0 saturated carbocycles. The summed E-state index contributed by atoms with van der Waals surface area (Å²) in [7, 11) is 0. The molecule has 3 aromatic heterocycles. The van der Waals surface area contributed by atoms with Crippen LogP contribution >= 0.6 is 0 Å². The van der Waals surface area contributed by atoms with Gasteiger partial charge in [-0.05, 0) is 24.3 Å². The first kappa shape index (κ1) is 10.4. The highest BCUT2D eigenvalue weighted by molar-refractivity contribution is 5.80. The van der Waals surface area contributed by atoms with Crippen molar-refractivity contribution in [2.75, 3.05) is 0 Å². The van der Waals surface area contributed by atoms with Crippen LogP contribution in [0.5, 0.6) is 0 Å². The maximum absolute atomic E-state index is 11.2. The maximum Gasteiger partial charge on any atom is 0.324 e. The van der Waals surface area contributed by atoms with E-state index >= 15 is 0 Å². The van der Waals surface area contributed by atoms with Crippen LogP contribution < -0.4 is 0 Å². The quantitative estimate of drug-likeness (QED) is 0.509. The Morgan fingerprint density at radius 1 is 1.17 bits per heavy atom. The van der Waals surface area contributed by atoms with E-state index in [1.54, 1.807) is 48.8 Å². The summed E-state index contributed by atoms with van der Waals surface area (Å²) < 4.78 is 1.49. The molecular formula is C12H8N4O2. The molecule has 0 fully saturated rings. The second-order valence-electron chi connectivity index (χ2n) is 3.70. The van der Waals surface area contributed by atoms with Gasteiger partial charge in [-0.3, -0.25) is 15.1 Å². The van der Waals surface area contributed by atoms with Gasteiger partial charge < -0.3 is 0 Å². The molecule has 18 heavy (non-hydrogen) atoms. The molecule has 3 rings (SSSR count). The zero-order valence-electron chi connectivity index (χ0n) is 9.22. The van der Waals surface area contributed by atoms with Crippen LogP contribution in [0, 0.1) is 10.1 Å². The van der Waals surface area contributed by atoms with Crippen molar-refractivity contribution in [3.63, 3.8) is 0 Å². The summed E-state index contributed by atoms with van der Waals surface area (Å²) in [6.07, 6.45) is 3.26. The lowest BCUT2D eigenvalue weighted by molar-refractivity contribution is -0.382. The minimum Gasteiger partial charge on any atom is -0.258 e. The molecule has 0 saturated heterocycles. The highest BCUT2D eigenvalue weighted by Crippen LogP contribution is 2.31. The van der Waals surface area contributed by atoms with Crippen LogP contribution in [0.25, 0.3) is 16.9 Å². The van der Waals surface area contributed by atoms with E-state index in [0.29, 0.717) is 11.2 Å². The number of hydrogen-bond acceptors (Lipinski definition) is 4. The number of rotatable bonds is 2. The molecule has 0 aliphatic heterocycles. The van der Waals surface area contributed by atoms with Gasteiger partial charge in [0.25, 0.3) is 0 Å². The molecular weight excluding hydrogens is 232 g/mol. The lowest BCUT2D eigenvalue weighted by Gasteiger charge is -1.93. The van der Waals surface area contributed by atoms with Crippen molar-refractivity contribution in [3.8, 4) is 11.4 Å². The van der Waals surface area contributed by atoms with Gasteiger partial charge in [-0.1, -0.05) is 12.1 Å². The average molecular weight is 240 g/mol. The van der Waals surface area contributed by atoms with Gasteiger partial charge in [-0.15, -0.1) is 0 Å². The topological polar surface area (TPSA) is 73.3 Å². The summed E-state index contributed by atoms with van der Waals surface area (Å²) in [6, 6.07) is 10.4. The first-order valence-corrected chi connectivity index (χ1v) is 5.30. The van der Waals surface area contributed by atoms with Gasteiger partial charge in [0.1, 0.15) is 5.52 Å². The van der Waals surface area contributed by atoms with Crippen LogP contribution in [-0.4, -0.2) is 19.5 Å². The normalized spacial score (nSPS) is 10.7. The molecule has 0 radical (unpaired) electrons. The Morgan fingerprint density at radius 3 is 2.72 bits per heavy atom. The monoisotopic (exact) mass is 240 g/mol. The van der Waals surface area contributed by atoms with Gasteiger partial charge in [-0.2, -0.15) is 5.10 Å². The molecule has 0 spiro atoms. The second kappa shape index (κ2) is 3.92. The standard InChI is InChI=1S/C12H8N4O2/c17-16(18)12-10-6-2-4-8-15(10)14-11(12)9-5-1-3-7-13-9/h1-8H. The van der Waals surface area contributed by atoms with E-state index in [0.717, 1.165) is 0 Å². The molecule has 0 amide bonds. The van der Waals surface area contributed by atoms with Crippen LogP contribution in [0.1, 0.15) is 0 Å². The SMILES string of the molecule is O=[N+]([O-])c1c(-c2ccccn2)nn2ccccc12. The molecule has 0 N–H and O–H groups in total. The van der Waals surface area contributed by atoms with E-state index in [9.17, 15) is 10.1 Å². The Morgan fingerprint density at radius 2 is 2.00 bits per heavy atom. The predicted octanol–water partition coefficient (Wildman–Crippen LogP) is 2.30. The summed E-state index contributed by atoms with van der Waals surface area (Å²) in [4.78, 5) is 14.9. The largest absolute Gasteiger partial charge is 0.324 e. The van der Waals surface area contributed by atoms with Crippen LogP contribution in [0.15, 0.2) is 48.8 Å². The van der Waals surface area contributed by atoms with Gasteiger partial charge in [0.05, 0.1) is 10.6 Å². The minimum atomic E-state index is -0.424. The van der Waals surface area contributed by atoms with Crippen molar-refractivity contribution in [3.05, 3.63) is 58.9 Å². The van der Waals surface area contributed by atoms with Crippen molar-refractivity contribution < 1.29 is 4.92 Å². The van der Waals surface area contributed by atoms with E-state index in [-0.39, 0.29) is 11.4 Å². The van der Waals surface area contributed by atoms with E-state index in [4.69, 9.17) is 0 Å². The van der Waals surface area contributed by atoms with E-state index in [2.05, 4.69) is 10.1 Å². The fourth-order valence-corrected chi connectivity index (χ4v) is 1.84. The number of nitrogens with zero attached hydrogens (tertiary/aromatic N) is 4. The van der Waals surface area contributed by atoms with Crippen LogP contribution in [0.4, 0.5) is 5.69 Å². The summed E-state index contributed by atoms with van der Waals surface area (Å²) in [5.74, 6) is 0. The van der Waals surface area contributed by atoms with E-state index in [1.807, 2.05) is 0 Å². The lowest BCUT2D eigenvalue weighted by Crippen LogP contribution is -1.91. The minimum absolute atomic E-state index is 0.0192. The third kappa shape index (κ3) is 1.51. The number of pyridine rings is 2. The summed E-state index contributed by atoms with van der Waals surface area (Å²) in [6.45, 7) is 0. The van der Waals surface area contributed by atoms with Gasteiger partial charge >= 0.3 is 5.69 Å². The third-order valence-corrected chi connectivity index (χ3v) is 2.60. The van der Waals surface area contributed by atoms with Crippen molar-refractivity contribution in [1.82, 2.24) is 14.6 Å². The summed E-state index contributed by atoms with van der Waals surface area (Å²) in [5.41, 5.74) is 1.22. The van der Waals surface area contributed by atoms with E-state index < -0.39 is 4.92 Å². The van der Waals surface area contributed by atoms with Crippen LogP contribution in [0.3, 0.4) is 0 Å². The fraction of sp³-hybridized carbons (Fsp3) is 0. The van der Waals surface area contributed by atoms with E-state index in [1.165, 1.54) is 4.52 Å². The van der Waals surface area contributed by atoms with Crippen molar-refractivity contribution in [1.29, 1.82) is 0 Å². The van der Waals surface area contributed by atoms with Gasteiger partial charge in [0.15, 0.2) is 5.69 Å². The number of nitro groups is 1. The molecule has 0 aliphatic carbocycles. The number of hydrogen-bond donors (Lipinski definition) is 0. The molecule has 3 heterocycles.